The highest BCUT2D eigenvalue weighted by Crippen LogP contribution is 2.52. The summed E-state index contributed by atoms with van der Waals surface area (Å²) in [6.45, 7) is 7.41. The van der Waals surface area contributed by atoms with Crippen LogP contribution in [0.25, 0.3) is 11.0 Å². The molecule has 3 aliphatic heterocycles. The number of likely N-dealkylation sites (tertiary alicyclic amines) is 1. The van der Waals surface area contributed by atoms with Gasteiger partial charge in [-0.1, -0.05) is 12.2 Å². The average molecular weight is 380 g/mol. The van der Waals surface area contributed by atoms with Crippen LogP contribution in [-0.4, -0.2) is 50.6 Å². The molecule has 7 heteroatoms. The number of rotatable bonds is 4. The molecule has 5 rings (SSSR count). The molecule has 4 atom stereocenters. The number of nitrogens with zero attached hydrogens (tertiary/aromatic N) is 3. The Morgan fingerprint density at radius 1 is 1.43 bits per heavy atom. The SMILES string of the molecule is CCn1cnc2cc(NC(=O)C3C4C=CC5(CN(C(C)C)C(=O)C35)O4)ccc21. The molecule has 7 nitrogen and oxygen atoms in total. The number of imidazole rings is 1. The van der Waals surface area contributed by atoms with Gasteiger partial charge in [-0.3, -0.25) is 9.59 Å². The number of ether oxygens (including phenoxy) is 1. The number of carbonyl (C=O) groups is 2. The Kier molecular flexibility index (Phi) is 3.68. The lowest BCUT2D eigenvalue weighted by Crippen LogP contribution is -2.42. The molecule has 1 aromatic carbocycles. The molecule has 0 aliphatic carbocycles. The minimum atomic E-state index is -0.655. The van der Waals surface area contributed by atoms with Crippen molar-refractivity contribution in [3.05, 3.63) is 36.7 Å². The van der Waals surface area contributed by atoms with Gasteiger partial charge in [0.2, 0.25) is 11.8 Å². The van der Waals surface area contributed by atoms with Crippen molar-refractivity contribution in [2.45, 2.75) is 45.1 Å². The van der Waals surface area contributed by atoms with Crippen LogP contribution in [0.3, 0.4) is 0 Å². The van der Waals surface area contributed by atoms with Crippen LogP contribution in [0.5, 0.6) is 0 Å². The minimum absolute atomic E-state index is 0.0131. The molecular formula is C21H24N4O3. The summed E-state index contributed by atoms with van der Waals surface area (Å²) in [4.78, 5) is 32.4. The highest BCUT2D eigenvalue weighted by atomic mass is 16.5. The third-order valence-electron chi connectivity index (χ3n) is 6.28. The highest BCUT2D eigenvalue weighted by molar-refractivity contribution is 6.00. The van der Waals surface area contributed by atoms with Gasteiger partial charge in [-0.2, -0.15) is 0 Å². The fourth-order valence-electron chi connectivity index (χ4n) is 4.88. The van der Waals surface area contributed by atoms with Crippen LogP contribution < -0.4 is 5.32 Å². The van der Waals surface area contributed by atoms with Gasteiger partial charge in [-0.15, -0.1) is 0 Å². The topological polar surface area (TPSA) is 76.5 Å². The smallest absolute Gasteiger partial charge is 0.231 e. The Labute approximate surface area is 163 Å². The van der Waals surface area contributed by atoms with E-state index in [-0.39, 0.29) is 24.0 Å². The molecule has 2 bridgehead atoms. The van der Waals surface area contributed by atoms with Gasteiger partial charge in [0.15, 0.2) is 0 Å². The predicted molar refractivity (Wildman–Crippen MR) is 105 cm³/mol. The maximum atomic E-state index is 13.1. The van der Waals surface area contributed by atoms with E-state index in [1.807, 2.05) is 49.1 Å². The van der Waals surface area contributed by atoms with Crippen molar-refractivity contribution in [3.8, 4) is 0 Å². The number of nitrogens with one attached hydrogen (secondary N) is 1. The molecule has 1 spiro atoms. The molecule has 2 fully saturated rings. The first-order valence-corrected chi connectivity index (χ1v) is 9.87. The van der Waals surface area contributed by atoms with Crippen LogP contribution >= 0.6 is 0 Å². The molecule has 2 amide bonds. The summed E-state index contributed by atoms with van der Waals surface area (Å²) in [7, 11) is 0. The van der Waals surface area contributed by atoms with Crippen LogP contribution in [0.4, 0.5) is 5.69 Å². The van der Waals surface area contributed by atoms with E-state index in [1.165, 1.54) is 0 Å². The van der Waals surface area contributed by atoms with Crippen molar-refractivity contribution in [3.63, 3.8) is 0 Å². The van der Waals surface area contributed by atoms with Crippen molar-refractivity contribution in [2.75, 3.05) is 11.9 Å². The van der Waals surface area contributed by atoms with E-state index < -0.39 is 17.4 Å². The summed E-state index contributed by atoms with van der Waals surface area (Å²) in [5, 5.41) is 2.99. The maximum absolute atomic E-state index is 13.1. The number of amides is 2. The van der Waals surface area contributed by atoms with E-state index in [9.17, 15) is 9.59 Å². The van der Waals surface area contributed by atoms with Crippen LogP contribution in [0.2, 0.25) is 0 Å². The Morgan fingerprint density at radius 3 is 3.00 bits per heavy atom. The molecule has 28 heavy (non-hydrogen) atoms. The summed E-state index contributed by atoms with van der Waals surface area (Å²) in [5.41, 5.74) is 1.90. The van der Waals surface area contributed by atoms with Crippen LogP contribution in [0, 0.1) is 11.8 Å². The first-order chi connectivity index (χ1) is 13.4. The molecule has 1 N–H and O–H groups in total. The summed E-state index contributed by atoms with van der Waals surface area (Å²) in [5.74, 6) is -1.12. The Balaban J connectivity index is 1.41. The van der Waals surface area contributed by atoms with Gasteiger partial charge < -0.3 is 19.5 Å². The van der Waals surface area contributed by atoms with Gasteiger partial charge in [-0.25, -0.2) is 4.98 Å². The van der Waals surface area contributed by atoms with E-state index in [2.05, 4.69) is 21.8 Å². The van der Waals surface area contributed by atoms with E-state index in [1.54, 1.807) is 6.33 Å². The second kappa shape index (κ2) is 5.91. The van der Waals surface area contributed by atoms with Gasteiger partial charge in [0.05, 0.1) is 41.8 Å². The third-order valence-corrected chi connectivity index (χ3v) is 6.28. The fourth-order valence-corrected chi connectivity index (χ4v) is 4.88. The third kappa shape index (κ3) is 2.29. The van der Waals surface area contributed by atoms with Crippen molar-refractivity contribution < 1.29 is 14.3 Å². The molecule has 0 saturated carbocycles. The molecule has 3 aliphatic rings. The molecule has 2 aromatic rings. The van der Waals surface area contributed by atoms with E-state index in [4.69, 9.17) is 4.74 Å². The maximum Gasteiger partial charge on any atom is 0.231 e. The number of fused-ring (bicyclic) bond motifs is 2. The average Bonchev–Trinajstić information content (AvgIpc) is 3.40. The summed E-state index contributed by atoms with van der Waals surface area (Å²) in [6.07, 6.45) is 5.37. The zero-order chi connectivity index (χ0) is 19.6. The van der Waals surface area contributed by atoms with Crippen molar-refractivity contribution in [2.24, 2.45) is 11.8 Å². The van der Waals surface area contributed by atoms with Crippen LogP contribution in [0.15, 0.2) is 36.7 Å². The summed E-state index contributed by atoms with van der Waals surface area (Å²) in [6, 6.07) is 5.80. The summed E-state index contributed by atoms with van der Waals surface area (Å²) >= 11 is 0. The first kappa shape index (κ1) is 17.4. The highest BCUT2D eigenvalue weighted by Gasteiger charge is 2.67. The van der Waals surface area contributed by atoms with Gasteiger partial charge in [0.25, 0.3) is 0 Å². The molecule has 2 saturated heterocycles. The number of hydrogen-bond acceptors (Lipinski definition) is 4. The standard InChI is InChI=1S/C21H24N4O3/c1-4-24-11-22-14-9-13(5-6-15(14)24)23-19(26)17-16-7-8-21(28-16)10-25(12(2)3)20(27)18(17)21/h5-9,11-12,16-18H,4,10H2,1-3H3,(H,23,26). The zero-order valence-electron chi connectivity index (χ0n) is 16.3. The lowest BCUT2D eigenvalue weighted by molar-refractivity contribution is -0.136. The van der Waals surface area contributed by atoms with Gasteiger partial charge >= 0.3 is 0 Å². The van der Waals surface area contributed by atoms with E-state index in [0.717, 1.165) is 17.6 Å². The van der Waals surface area contributed by atoms with Gasteiger partial charge in [0.1, 0.15) is 5.60 Å². The number of aryl methyl sites for hydroxylation is 1. The molecule has 146 valence electrons. The monoisotopic (exact) mass is 380 g/mol. The molecule has 4 unspecified atom stereocenters. The zero-order valence-corrected chi connectivity index (χ0v) is 16.3. The lowest BCUT2D eigenvalue weighted by atomic mass is 9.77. The first-order valence-electron chi connectivity index (χ1n) is 9.87. The number of carbonyl (C=O) groups excluding carboxylic acids is 2. The van der Waals surface area contributed by atoms with Crippen LogP contribution in [-0.2, 0) is 20.9 Å². The number of benzene rings is 1. The summed E-state index contributed by atoms with van der Waals surface area (Å²) < 4.78 is 8.20. The van der Waals surface area contributed by atoms with Crippen LogP contribution in [0.1, 0.15) is 20.8 Å². The van der Waals surface area contributed by atoms with E-state index in [0.29, 0.717) is 12.2 Å². The van der Waals surface area contributed by atoms with Crippen molar-refractivity contribution in [1.82, 2.24) is 14.5 Å². The number of aromatic nitrogens is 2. The molecular weight excluding hydrogens is 356 g/mol. The molecule has 0 radical (unpaired) electrons. The molecule has 4 heterocycles. The van der Waals surface area contributed by atoms with Crippen molar-refractivity contribution in [1.29, 1.82) is 0 Å². The normalized spacial score (nSPS) is 30.6. The molecule has 1 aromatic heterocycles. The van der Waals surface area contributed by atoms with Gasteiger partial charge in [0, 0.05) is 18.3 Å². The largest absolute Gasteiger partial charge is 0.360 e. The predicted octanol–water partition coefficient (Wildman–Crippen LogP) is 2.19. The Hall–Kier alpha value is -2.67. The van der Waals surface area contributed by atoms with Gasteiger partial charge in [-0.05, 0) is 39.0 Å². The minimum Gasteiger partial charge on any atom is -0.360 e. The Morgan fingerprint density at radius 2 is 2.25 bits per heavy atom. The quantitative estimate of drug-likeness (QED) is 0.825. The van der Waals surface area contributed by atoms with E-state index >= 15 is 0 Å². The second-order valence-corrected chi connectivity index (χ2v) is 8.18. The number of anilines is 1. The lowest BCUT2D eigenvalue weighted by Gasteiger charge is -2.24. The van der Waals surface area contributed by atoms with Crippen molar-refractivity contribution >= 4 is 28.5 Å². The number of hydrogen-bond donors (Lipinski definition) is 1. The second-order valence-electron chi connectivity index (χ2n) is 8.18. The Bertz CT molecular complexity index is 1010. The fraction of sp³-hybridized carbons (Fsp3) is 0.476.